The van der Waals surface area contributed by atoms with Gasteiger partial charge in [-0.3, -0.25) is 0 Å². The van der Waals surface area contributed by atoms with Gasteiger partial charge in [0, 0.05) is 10.9 Å². The summed E-state index contributed by atoms with van der Waals surface area (Å²) < 4.78 is 0. The largest absolute Gasteiger partial charge is 0.303 e. The molecule has 0 radical (unpaired) electrons. The maximum atomic E-state index is 10.8. The molecule has 0 N–H and O–H groups in total. The quantitative estimate of drug-likeness (QED) is 0.629. The lowest BCUT2D eigenvalue weighted by Gasteiger charge is -2.21. The first kappa shape index (κ1) is 8.76. The van der Waals surface area contributed by atoms with Crippen LogP contribution in [0.3, 0.4) is 0 Å². The number of hydrogen-bond acceptors (Lipinski definition) is 1. The molecule has 1 aromatic rings. The van der Waals surface area contributed by atoms with Crippen LogP contribution in [-0.4, -0.2) is 6.29 Å². The number of halogens is 1. The van der Waals surface area contributed by atoms with Gasteiger partial charge in [0.05, 0.1) is 0 Å². The number of carbonyl (C=O) groups excluding carboxylic acids is 1. The zero-order valence-corrected chi connectivity index (χ0v) is 8.05. The molecule has 1 unspecified atom stereocenters. The van der Waals surface area contributed by atoms with Gasteiger partial charge in [0.1, 0.15) is 6.29 Å². The molecule has 0 aromatic heterocycles. The molecule has 13 heavy (non-hydrogen) atoms. The van der Waals surface area contributed by atoms with E-state index in [1.54, 1.807) is 0 Å². The highest BCUT2D eigenvalue weighted by Gasteiger charge is 2.19. The number of hydrogen-bond donors (Lipinski definition) is 0. The van der Waals surface area contributed by atoms with E-state index in [1.165, 1.54) is 5.56 Å². The van der Waals surface area contributed by atoms with Gasteiger partial charge in [-0.05, 0) is 42.5 Å². The van der Waals surface area contributed by atoms with Crippen molar-refractivity contribution in [3.05, 3.63) is 34.3 Å². The fraction of sp³-hybridized carbons (Fsp3) is 0.364. The van der Waals surface area contributed by atoms with E-state index in [1.807, 2.05) is 18.2 Å². The fourth-order valence-corrected chi connectivity index (χ4v) is 2.13. The fourth-order valence-electron chi connectivity index (χ4n) is 1.95. The van der Waals surface area contributed by atoms with Gasteiger partial charge in [-0.1, -0.05) is 17.7 Å². The Morgan fingerprint density at radius 3 is 3.08 bits per heavy atom. The Bertz CT molecular complexity index is 333. The molecule has 1 aromatic carbocycles. The van der Waals surface area contributed by atoms with Crippen molar-refractivity contribution in [2.24, 2.45) is 0 Å². The third-order valence-corrected chi connectivity index (χ3v) is 2.87. The van der Waals surface area contributed by atoms with E-state index in [0.717, 1.165) is 36.1 Å². The average molecular weight is 195 g/mol. The maximum Gasteiger partial charge on any atom is 0.127 e. The van der Waals surface area contributed by atoms with E-state index in [-0.39, 0.29) is 5.92 Å². The standard InChI is InChI=1S/C11H11ClO/c12-10-5-4-8-2-1-3-9(7-13)11(8)6-10/h4-7,9H,1-3H2. The summed E-state index contributed by atoms with van der Waals surface area (Å²) in [6.07, 6.45) is 4.19. The van der Waals surface area contributed by atoms with Crippen molar-refractivity contribution in [2.45, 2.75) is 25.2 Å². The van der Waals surface area contributed by atoms with E-state index in [4.69, 9.17) is 11.6 Å². The Hall–Kier alpha value is -0.820. The van der Waals surface area contributed by atoms with Crippen LogP contribution in [0.2, 0.25) is 5.02 Å². The van der Waals surface area contributed by atoms with Gasteiger partial charge in [-0.2, -0.15) is 0 Å². The predicted octanol–water partition coefficient (Wildman–Crippen LogP) is 2.96. The number of benzene rings is 1. The lowest BCUT2D eigenvalue weighted by Crippen LogP contribution is -2.10. The van der Waals surface area contributed by atoms with Gasteiger partial charge >= 0.3 is 0 Å². The summed E-state index contributed by atoms with van der Waals surface area (Å²) in [5.74, 6) is 0.0717. The van der Waals surface area contributed by atoms with Gasteiger partial charge < -0.3 is 4.79 Å². The van der Waals surface area contributed by atoms with Crippen molar-refractivity contribution in [1.29, 1.82) is 0 Å². The minimum atomic E-state index is 0.0717. The van der Waals surface area contributed by atoms with Gasteiger partial charge in [0.25, 0.3) is 0 Å². The second kappa shape index (κ2) is 3.51. The second-order valence-electron chi connectivity index (χ2n) is 3.48. The number of aldehydes is 1. The maximum absolute atomic E-state index is 10.8. The zero-order valence-electron chi connectivity index (χ0n) is 7.29. The monoisotopic (exact) mass is 194 g/mol. The molecule has 2 heteroatoms. The Morgan fingerprint density at radius 1 is 1.46 bits per heavy atom. The first-order chi connectivity index (χ1) is 6.31. The van der Waals surface area contributed by atoms with E-state index < -0.39 is 0 Å². The molecule has 0 saturated carbocycles. The molecule has 1 aliphatic rings. The van der Waals surface area contributed by atoms with Crippen molar-refractivity contribution in [3.63, 3.8) is 0 Å². The van der Waals surface area contributed by atoms with Crippen LogP contribution in [0.25, 0.3) is 0 Å². The molecule has 0 fully saturated rings. The van der Waals surface area contributed by atoms with Gasteiger partial charge in [-0.25, -0.2) is 0 Å². The number of aryl methyl sites for hydroxylation is 1. The normalized spacial score (nSPS) is 20.8. The summed E-state index contributed by atoms with van der Waals surface area (Å²) in [6.45, 7) is 0. The molecule has 2 rings (SSSR count). The second-order valence-corrected chi connectivity index (χ2v) is 3.91. The van der Waals surface area contributed by atoms with Crippen LogP contribution >= 0.6 is 11.6 Å². The summed E-state index contributed by atoms with van der Waals surface area (Å²) in [5.41, 5.74) is 2.42. The van der Waals surface area contributed by atoms with E-state index in [0.29, 0.717) is 0 Å². The average Bonchev–Trinajstić information content (AvgIpc) is 2.17. The van der Waals surface area contributed by atoms with Gasteiger partial charge in [-0.15, -0.1) is 0 Å². The van der Waals surface area contributed by atoms with Crippen molar-refractivity contribution < 1.29 is 4.79 Å². The number of rotatable bonds is 1. The van der Waals surface area contributed by atoms with Crippen LogP contribution in [0.15, 0.2) is 18.2 Å². The molecule has 0 bridgehead atoms. The van der Waals surface area contributed by atoms with E-state index in [9.17, 15) is 4.79 Å². The van der Waals surface area contributed by atoms with Crippen LogP contribution in [-0.2, 0) is 11.2 Å². The minimum absolute atomic E-state index is 0.0717. The molecular weight excluding hydrogens is 184 g/mol. The van der Waals surface area contributed by atoms with Gasteiger partial charge in [0.15, 0.2) is 0 Å². The molecule has 1 atom stereocenters. The van der Waals surface area contributed by atoms with Crippen molar-refractivity contribution in [1.82, 2.24) is 0 Å². The topological polar surface area (TPSA) is 17.1 Å². The number of fused-ring (bicyclic) bond motifs is 1. The summed E-state index contributed by atoms with van der Waals surface area (Å²) in [7, 11) is 0. The molecule has 0 saturated heterocycles. The molecule has 1 nitrogen and oxygen atoms in total. The van der Waals surface area contributed by atoms with Crippen molar-refractivity contribution in [3.8, 4) is 0 Å². The van der Waals surface area contributed by atoms with Crippen molar-refractivity contribution in [2.75, 3.05) is 0 Å². The van der Waals surface area contributed by atoms with Gasteiger partial charge in [0.2, 0.25) is 0 Å². The zero-order chi connectivity index (χ0) is 9.26. The van der Waals surface area contributed by atoms with Crippen LogP contribution in [0.4, 0.5) is 0 Å². The Kier molecular flexibility index (Phi) is 2.36. The first-order valence-electron chi connectivity index (χ1n) is 4.55. The van der Waals surface area contributed by atoms with E-state index in [2.05, 4.69) is 0 Å². The highest BCUT2D eigenvalue weighted by Crippen LogP contribution is 2.31. The Morgan fingerprint density at radius 2 is 2.31 bits per heavy atom. The highest BCUT2D eigenvalue weighted by molar-refractivity contribution is 6.30. The van der Waals surface area contributed by atoms with Crippen LogP contribution in [0, 0.1) is 0 Å². The molecule has 1 aliphatic carbocycles. The van der Waals surface area contributed by atoms with E-state index >= 15 is 0 Å². The summed E-state index contributed by atoms with van der Waals surface area (Å²) in [4.78, 5) is 10.8. The molecule has 68 valence electrons. The molecule has 0 heterocycles. The summed E-state index contributed by atoms with van der Waals surface area (Å²) in [6, 6.07) is 5.86. The third kappa shape index (κ3) is 1.61. The minimum Gasteiger partial charge on any atom is -0.303 e. The van der Waals surface area contributed by atoms with Crippen LogP contribution in [0.1, 0.15) is 29.9 Å². The number of carbonyl (C=O) groups is 1. The first-order valence-corrected chi connectivity index (χ1v) is 4.92. The Balaban J connectivity index is 2.47. The van der Waals surface area contributed by atoms with Crippen molar-refractivity contribution >= 4 is 17.9 Å². The predicted molar refractivity (Wildman–Crippen MR) is 53.2 cm³/mol. The highest BCUT2D eigenvalue weighted by atomic mass is 35.5. The van der Waals surface area contributed by atoms with Crippen LogP contribution in [0.5, 0.6) is 0 Å². The van der Waals surface area contributed by atoms with Crippen LogP contribution < -0.4 is 0 Å². The lowest BCUT2D eigenvalue weighted by molar-refractivity contribution is -0.109. The third-order valence-electron chi connectivity index (χ3n) is 2.63. The summed E-state index contributed by atoms with van der Waals surface area (Å²) in [5, 5.41) is 0.729. The lowest BCUT2D eigenvalue weighted by atomic mass is 9.84. The Labute approximate surface area is 82.7 Å². The SMILES string of the molecule is O=CC1CCCc2ccc(Cl)cc21. The molecule has 0 spiro atoms. The molecule has 0 aliphatic heterocycles. The molecule has 0 amide bonds. The smallest absolute Gasteiger partial charge is 0.127 e. The molecular formula is C11H11ClO. The summed E-state index contributed by atoms with van der Waals surface area (Å²) >= 11 is 5.88.